The second-order valence-electron chi connectivity index (χ2n) is 3.63. The van der Waals surface area contributed by atoms with Crippen molar-refractivity contribution < 1.29 is 0 Å². The lowest BCUT2D eigenvalue weighted by Gasteiger charge is -2.01. The molecule has 2 aromatic rings. The van der Waals surface area contributed by atoms with E-state index in [0.717, 1.165) is 11.4 Å². The van der Waals surface area contributed by atoms with E-state index in [0.29, 0.717) is 11.7 Å². The molecule has 0 aliphatic heterocycles. The second-order valence-corrected chi connectivity index (χ2v) is 4.52. The summed E-state index contributed by atoms with van der Waals surface area (Å²) in [4.78, 5) is 4.22. The summed E-state index contributed by atoms with van der Waals surface area (Å²) in [5, 5.41) is 7.04. The van der Waals surface area contributed by atoms with Gasteiger partial charge in [0.1, 0.15) is 0 Å². The van der Waals surface area contributed by atoms with E-state index >= 15 is 0 Å². The maximum Gasteiger partial charge on any atom is 0.180 e. The summed E-state index contributed by atoms with van der Waals surface area (Å²) in [5.74, 6) is 0. The highest BCUT2D eigenvalue weighted by Crippen LogP contribution is 2.15. The summed E-state index contributed by atoms with van der Waals surface area (Å²) in [5.41, 5.74) is 10.1. The number of thiazole rings is 1. The SMILES string of the molecule is Cc1nn(Cc2csc(N)n2)c(C)c1C. The fraction of sp³-hybridized carbons (Fsp3) is 0.400. The van der Waals surface area contributed by atoms with Gasteiger partial charge in [0.2, 0.25) is 0 Å². The molecule has 0 aromatic carbocycles. The van der Waals surface area contributed by atoms with Crippen LogP contribution in [-0.4, -0.2) is 14.8 Å². The molecule has 5 heteroatoms. The van der Waals surface area contributed by atoms with Gasteiger partial charge in [-0.25, -0.2) is 4.98 Å². The van der Waals surface area contributed by atoms with Crippen molar-refractivity contribution >= 4 is 16.5 Å². The molecule has 0 atom stereocenters. The minimum atomic E-state index is 0.614. The monoisotopic (exact) mass is 222 g/mol. The first-order chi connectivity index (χ1) is 7.08. The predicted molar refractivity (Wildman–Crippen MR) is 62.1 cm³/mol. The molecular weight excluding hydrogens is 208 g/mol. The van der Waals surface area contributed by atoms with Crippen molar-refractivity contribution in [2.75, 3.05) is 5.73 Å². The smallest absolute Gasteiger partial charge is 0.180 e. The first-order valence-electron chi connectivity index (χ1n) is 4.78. The molecule has 0 bridgehead atoms. The molecule has 0 saturated heterocycles. The molecule has 0 radical (unpaired) electrons. The van der Waals surface area contributed by atoms with E-state index in [4.69, 9.17) is 5.73 Å². The van der Waals surface area contributed by atoms with Gasteiger partial charge in [-0.15, -0.1) is 11.3 Å². The van der Waals surface area contributed by atoms with Crippen molar-refractivity contribution in [2.45, 2.75) is 27.3 Å². The molecule has 0 amide bonds. The van der Waals surface area contributed by atoms with E-state index in [-0.39, 0.29) is 0 Å². The van der Waals surface area contributed by atoms with Crippen LogP contribution in [0.15, 0.2) is 5.38 Å². The molecule has 0 unspecified atom stereocenters. The van der Waals surface area contributed by atoms with E-state index in [1.165, 1.54) is 22.6 Å². The Labute approximate surface area is 92.8 Å². The normalized spacial score (nSPS) is 10.9. The van der Waals surface area contributed by atoms with Crippen LogP contribution >= 0.6 is 11.3 Å². The molecule has 4 nitrogen and oxygen atoms in total. The lowest BCUT2D eigenvalue weighted by atomic mass is 10.2. The van der Waals surface area contributed by atoms with Crippen molar-refractivity contribution in [3.63, 3.8) is 0 Å². The van der Waals surface area contributed by atoms with Crippen LogP contribution in [0.2, 0.25) is 0 Å². The lowest BCUT2D eigenvalue weighted by Crippen LogP contribution is -2.04. The first kappa shape index (κ1) is 10.2. The molecular formula is C10H14N4S. The fourth-order valence-corrected chi connectivity index (χ4v) is 2.04. The summed E-state index contributed by atoms with van der Waals surface area (Å²) in [6, 6.07) is 0. The van der Waals surface area contributed by atoms with Crippen LogP contribution in [0.1, 0.15) is 22.6 Å². The Morgan fingerprint density at radius 1 is 1.40 bits per heavy atom. The molecule has 0 aliphatic rings. The number of aryl methyl sites for hydroxylation is 1. The number of nitrogen functional groups attached to an aromatic ring is 1. The Morgan fingerprint density at radius 2 is 2.13 bits per heavy atom. The summed E-state index contributed by atoms with van der Waals surface area (Å²) < 4.78 is 1.97. The highest BCUT2D eigenvalue weighted by molar-refractivity contribution is 7.13. The van der Waals surface area contributed by atoms with Gasteiger partial charge in [-0.1, -0.05) is 0 Å². The number of nitrogens with two attached hydrogens (primary N) is 1. The summed E-state index contributed by atoms with van der Waals surface area (Å²) in [6.45, 7) is 6.89. The quantitative estimate of drug-likeness (QED) is 0.844. The van der Waals surface area contributed by atoms with Crippen LogP contribution in [0.4, 0.5) is 5.13 Å². The third-order valence-electron chi connectivity index (χ3n) is 2.62. The predicted octanol–water partition coefficient (Wildman–Crippen LogP) is 1.90. The second kappa shape index (κ2) is 3.66. The molecule has 0 fully saturated rings. The highest BCUT2D eigenvalue weighted by atomic mass is 32.1. The van der Waals surface area contributed by atoms with Crippen molar-refractivity contribution in [2.24, 2.45) is 0 Å². The Bertz CT molecular complexity index is 484. The van der Waals surface area contributed by atoms with Crippen LogP contribution in [0.5, 0.6) is 0 Å². The fourth-order valence-electron chi connectivity index (χ4n) is 1.49. The van der Waals surface area contributed by atoms with Crippen molar-refractivity contribution in [1.29, 1.82) is 0 Å². The van der Waals surface area contributed by atoms with Gasteiger partial charge in [0, 0.05) is 11.1 Å². The number of hydrogen-bond acceptors (Lipinski definition) is 4. The third-order valence-corrected chi connectivity index (χ3v) is 3.35. The van der Waals surface area contributed by atoms with Crippen molar-refractivity contribution in [1.82, 2.24) is 14.8 Å². The summed E-state index contributed by atoms with van der Waals surface area (Å²) in [7, 11) is 0. The summed E-state index contributed by atoms with van der Waals surface area (Å²) >= 11 is 1.47. The van der Waals surface area contributed by atoms with Crippen LogP contribution < -0.4 is 5.73 Å². The van der Waals surface area contributed by atoms with Gasteiger partial charge in [-0.2, -0.15) is 5.10 Å². The molecule has 0 aliphatic carbocycles. The van der Waals surface area contributed by atoms with E-state index < -0.39 is 0 Å². The van der Waals surface area contributed by atoms with Gasteiger partial charge < -0.3 is 5.73 Å². The molecule has 0 saturated carbocycles. The number of anilines is 1. The van der Waals surface area contributed by atoms with Gasteiger partial charge in [-0.3, -0.25) is 4.68 Å². The molecule has 2 N–H and O–H groups in total. The zero-order valence-corrected chi connectivity index (χ0v) is 9.93. The van der Waals surface area contributed by atoms with Gasteiger partial charge in [-0.05, 0) is 26.3 Å². The summed E-state index contributed by atoms with van der Waals surface area (Å²) in [6.07, 6.45) is 0. The minimum absolute atomic E-state index is 0.614. The minimum Gasteiger partial charge on any atom is -0.375 e. The molecule has 0 spiro atoms. The Balaban J connectivity index is 2.28. The number of hydrogen-bond donors (Lipinski definition) is 1. The van der Waals surface area contributed by atoms with E-state index in [1.807, 2.05) is 17.0 Å². The van der Waals surface area contributed by atoms with Crippen molar-refractivity contribution in [3.05, 3.63) is 28.0 Å². The Morgan fingerprint density at radius 3 is 2.60 bits per heavy atom. The average Bonchev–Trinajstić information content (AvgIpc) is 2.68. The topological polar surface area (TPSA) is 56.7 Å². The van der Waals surface area contributed by atoms with Gasteiger partial charge in [0.25, 0.3) is 0 Å². The standard InChI is InChI=1S/C10H14N4S/c1-6-7(2)13-14(8(6)3)4-9-5-15-10(11)12-9/h5H,4H2,1-3H3,(H2,11,12). The van der Waals surface area contributed by atoms with Crippen LogP contribution in [-0.2, 0) is 6.54 Å². The number of nitrogens with zero attached hydrogens (tertiary/aromatic N) is 3. The highest BCUT2D eigenvalue weighted by Gasteiger charge is 2.08. The van der Waals surface area contributed by atoms with E-state index in [1.54, 1.807) is 0 Å². The molecule has 15 heavy (non-hydrogen) atoms. The van der Waals surface area contributed by atoms with Gasteiger partial charge in [0.05, 0.1) is 17.9 Å². The molecule has 2 rings (SSSR count). The zero-order valence-electron chi connectivity index (χ0n) is 9.11. The van der Waals surface area contributed by atoms with Gasteiger partial charge >= 0.3 is 0 Å². The van der Waals surface area contributed by atoms with Crippen LogP contribution in [0.25, 0.3) is 0 Å². The molecule has 2 heterocycles. The first-order valence-corrected chi connectivity index (χ1v) is 5.66. The maximum atomic E-state index is 5.58. The number of aromatic nitrogens is 3. The van der Waals surface area contributed by atoms with Crippen molar-refractivity contribution in [3.8, 4) is 0 Å². The van der Waals surface area contributed by atoms with Crippen LogP contribution in [0, 0.1) is 20.8 Å². The van der Waals surface area contributed by atoms with E-state index in [2.05, 4.69) is 23.9 Å². The lowest BCUT2D eigenvalue weighted by molar-refractivity contribution is 0.649. The average molecular weight is 222 g/mol. The Hall–Kier alpha value is -1.36. The molecule has 2 aromatic heterocycles. The third kappa shape index (κ3) is 1.87. The number of rotatable bonds is 2. The van der Waals surface area contributed by atoms with Crippen LogP contribution in [0.3, 0.4) is 0 Å². The zero-order chi connectivity index (χ0) is 11.0. The maximum absolute atomic E-state index is 5.58. The van der Waals surface area contributed by atoms with E-state index in [9.17, 15) is 0 Å². The largest absolute Gasteiger partial charge is 0.375 e. The van der Waals surface area contributed by atoms with Gasteiger partial charge in [0.15, 0.2) is 5.13 Å². The Kier molecular flexibility index (Phi) is 2.48. The molecule has 80 valence electrons.